The topological polar surface area (TPSA) is 41.6 Å². The van der Waals surface area contributed by atoms with Crippen LogP contribution in [0.5, 0.6) is 5.75 Å². The van der Waals surface area contributed by atoms with Gasteiger partial charge in [-0.05, 0) is 64.2 Å². The van der Waals surface area contributed by atoms with Gasteiger partial charge in [0.2, 0.25) is 0 Å². The SMILES string of the molecule is O=C(COc1ccc(F)cc1)NC[C@@H](c1ccsc1)N1CCc2ccccc2C1. The zero-order valence-corrected chi connectivity index (χ0v) is 16.8. The number of ether oxygens (including phenoxy) is 1. The number of amides is 1. The number of rotatable bonds is 7. The van der Waals surface area contributed by atoms with E-state index < -0.39 is 0 Å². The van der Waals surface area contributed by atoms with Gasteiger partial charge >= 0.3 is 0 Å². The molecule has 0 aliphatic carbocycles. The molecule has 0 saturated heterocycles. The number of hydrogen-bond donors (Lipinski definition) is 1. The fraction of sp³-hybridized carbons (Fsp3) is 0.261. The van der Waals surface area contributed by atoms with E-state index in [0.29, 0.717) is 12.3 Å². The molecular formula is C23H23FN2O2S. The number of nitrogens with one attached hydrogen (secondary N) is 1. The molecule has 6 heteroatoms. The maximum atomic E-state index is 13.0. The number of carbonyl (C=O) groups is 1. The highest BCUT2D eigenvalue weighted by Crippen LogP contribution is 2.28. The van der Waals surface area contributed by atoms with Crippen molar-refractivity contribution in [3.8, 4) is 5.75 Å². The van der Waals surface area contributed by atoms with Gasteiger partial charge in [-0.1, -0.05) is 24.3 Å². The van der Waals surface area contributed by atoms with Gasteiger partial charge in [0, 0.05) is 19.6 Å². The number of hydrogen-bond acceptors (Lipinski definition) is 4. The lowest BCUT2D eigenvalue weighted by Crippen LogP contribution is -2.41. The molecule has 0 bridgehead atoms. The number of fused-ring (bicyclic) bond motifs is 1. The molecule has 150 valence electrons. The summed E-state index contributed by atoms with van der Waals surface area (Å²) in [6.07, 6.45) is 1.01. The highest BCUT2D eigenvalue weighted by atomic mass is 32.1. The fourth-order valence-corrected chi connectivity index (χ4v) is 4.35. The summed E-state index contributed by atoms with van der Waals surface area (Å²) in [5.74, 6) is -0.0425. The van der Waals surface area contributed by atoms with Gasteiger partial charge in [-0.3, -0.25) is 9.69 Å². The maximum absolute atomic E-state index is 13.0. The van der Waals surface area contributed by atoms with E-state index in [0.717, 1.165) is 19.5 Å². The van der Waals surface area contributed by atoms with Crippen molar-refractivity contribution in [3.05, 3.63) is 87.9 Å². The zero-order chi connectivity index (χ0) is 20.1. The second kappa shape index (κ2) is 9.20. The molecule has 1 atom stereocenters. The van der Waals surface area contributed by atoms with E-state index in [1.54, 1.807) is 11.3 Å². The van der Waals surface area contributed by atoms with Crippen LogP contribution in [0.3, 0.4) is 0 Å². The molecule has 0 saturated carbocycles. The van der Waals surface area contributed by atoms with Gasteiger partial charge in [-0.2, -0.15) is 11.3 Å². The minimum atomic E-state index is -0.330. The van der Waals surface area contributed by atoms with E-state index in [9.17, 15) is 9.18 Å². The Bertz CT molecular complexity index is 944. The van der Waals surface area contributed by atoms with Crippen LogP contribution in [0, 0.1) is 5.82 Å². The third kappa shape index (κ3) is 5.02. The number of carbonyl (C=O) groups excluding carboxylic acids is 1. The fourth-order valence-electron chi connectivity index (χ4n) is 3.65. The molecule has 1 N–H and O–H groups in total. The molecule has 0 unspecified atom stereocenters. The lowest BCUT2D eigenvalue weighted by Gasteiger charge is -2.35. The van der Waals surface area contributed by atoms with Crippen molar-refractivity contribution < 1.29 is 13.9 Å². The minimum Gasteiger partial charge on any atom is -0.484 e. The van der Waals surface area contributed by atoms with Crippen LogP contribution in [0.2, 0.25) is 0 Å². The monoisotopic (exact) mass is 410 g/mol. The number of nitrogens with zero attached hydrogens (tertiary/aromatic N) is 1. The molecule has 0 spiro atoms. The molecule has 0 radical (unpaired) electrons. The molecule has 2 heterocycles. The molecular weight excluding hydrogens is 387 g/mol. The summed E-state index contributed by atoms with van der Waals surface area (Å²) in [6, 6.07) is 16.4. The molecule has 29 heavy (non-hydrogen) atoms. The first-order valence-electron chi connectivity index (χ1n) is 9.67. The Kier molecular flexibility index (Phi) is 6.22. The number of thiophene rings is 1. The third-order valence-corrected chi connectivity index (χ3v) is 5.91. The Morgan fingerprint density at radius 2 is 1.93 bits per heavy atom. The van der Waals surface area contributed by atoms with Crippen LogP contribution >= 0.6 is 11.3 Å². The van der Waals surface area contributed by atoms with Gasteiger partial charge in [0.15, 0.2) is 6.61 Å². The normalized spacial score (nSPS) is 14.8. The van der Waals surface area contributed by atoms with Gasteiger partial charge in [0.1, 0.15) is 11.6 Å². The first-order chi connectivity index (χ1) is 14.2. The van der Waals surface area contributed by atoms with Gasteiger partial charge in [-0.15, -0.1) is 0 Å². The van der Waals surface area contributed by atoms with E-state index >= 15 is 0 Å². The number of benzene rings is 2. The minimum absolute atomic E-state index is 0.0924. The molecule has 3 aromatic rings. The Morgan fingerprint density at radius 1 is 1.14 bits per heavy atom. The van der Waals surface area contributed by atoms with Crippen molar-refractivity contribution in [2.75, 3.05) is 19.7 Å². The van der Waals surface area contributed by atoms with E-state index in [1.165, 1.54) is 41.0 Å². The summed E-state index contributed by atoms with van der Waals surface area (Å²) in [7, 11) is 0. The molecule has 1 aliphatic heterocycles. The molecule has 4 rings (SSSR count). The van der Waals surface area contributed by atoms with Crippen LogP contribution in [-0.4, -0.2) is 30.5 Å². The summed E-state index contributed by atoms with van der Waals surface area (Å²) in [5, 5.41) is 7.21. The van der Waals surface area contributed by atoms with Crippen LogP contribution in [0.4, 0.5) is 4.39 Å². The third-order valence-electron chi connectivity index (χ3n) is 5.21. The molecule has 1 aliphatic rings. The van der Waals surface area contributed by atoms with Crippen molar-refractivity contribution >= 4 is 17.2 Å². The molecule has 1 amide bonds. The predicted octanol–water partition coefficient (Wildman–Crippen LogP) is 4.18. The van der Waals surface area contributed by atoms with Crippen LogP contribution < -0.4 is 10.1 Å². The predicted molar refractivity (Wildman–Crippen MR) is 113 cm³/mol. The summed E-state index contributed by atoms with van der Waals surface area (Å²) in [4.78, 5) is 14.7. The Balaban J connectivity index is 1.37. The van der Waals surface area contributed by atoms with Crippen LogP contribution in [0.15, 0.2) is 65.4 Å². The first-order valence-corrected chi connectivity index (χ1v) is 10.6. The standard InChI is InChI=1S/C23H23FN2O2S/c24-20-5-7-21(8-6-20)28-15-23(27)25-13-22(19-10-12-29-16-19)26-11-9-17-3-1-2-4-18(17)14-26/h1-8,10,12,16,22H,9,11,13-15H2,(H,25,27)/t22-/m0/s1. The summed E-state index contributed by atoms with van der Waals surface area (Å²) in [5.41, 5.74) is 3.98. The number of halogens is 1. The van der Waals surface area contributed by atoms with E-state index in [2.05, 4.69) is 51.3 Å². The van der Waals surface area contributed by atoms with Crippen molar-refractivity contribution in [1.29, 1.82) is 0 Å². The Hall–Kier alpha value is -2.70. The Morgan fingerprint density at radius 3 is 2.69 bits per heavy atom. The van der Waals surface area contributed by atoms with Crippen molar-refractivity contribution in [1.82, 2.24) is 10.2 Å². The summed E-state index contributed by atoms with van der Waals surface area (Å²) in [6.45, 7) is 2.26. The summed E-state index contributed by atoms with van der Waals surface area (Å²) < 4.78 is 18.4. The van der Waals surface area contributed by atoms with Crippen molar-refractivity contribution in [2.24, 2.45) is 0 Å². The van der Waals surface area contributed by atoms with Gasteiger partial charge in [0.25, 0.3) is 5.91 Å². The van der Waals surface area contributed by atoms with Crippen molar-refractivity contribution in [3.63, 3.8) is 0 Å². The van der Waals surface area contributed by atoms with Gasteiger partial charge in [0.05, 0.1) is 6.04 Å². The lowest BCUT2D eigenvalue weighted by atomic mass is 9.97. The largest absolute Gasteiger partial charge is 0.484 e. The molecule has 0 fully saturated rings. The first kappa shape index (κ1) is 19.6. The highest BCUT2D eigenvalue weighted by molar-refractivity contribution is 7.07. The molecule has 1 aromatic heterocycles. The average Bonchev–Trinajstić information content (AvgIpc) is 3.28. The van der Waals surface area contributed by atoms with E-state index in [4.69, 9.17) is 4.74 Å². The zero-order valence-electron chi connectivity index (χ0n) is 16.0. The second-order valence-corrected chi connectivity index (χ2v) is 7.89. The smallest absolute Gasteiger partial charge is 0.258 e. The molecule has 4 nitrogen and oxygen atoms in total. The highest BCUT2D eigenvalue weighted by Gasteiger charge is 2.25. The van der Waals surface area contributed by atoms with Gasteiger partial charge < -0.3 is 10.1 Å². The molecule has 2 aromatic carbocycles. The quantitative estimate of drug-likeness (QED) is 0.635. The lowest BCUT2D eigenvalue weighted by molar-refractivity contribution is -0.123. The van der Waals surface area contributed by atoms with E-state index in [1.807, 2.05) is 0 Å². The maximum Gasteiger partial charge on any atom is 0.258 e. The van der Waals surface area contributed by atoms with Crippen LogP contribution in [-0.2, 0) is 17.8 Å². The van der Waals surface area contributed by atoms with Crippen molar-refractivity contribution in [2.45, 2.75) is 19.0 Å². The van der Waals surface area contributed by atoms with Crippen LogP contribution in [0.1, 0.15) is 22.7 Å². The summed E-state index contributed by atoms with van der Waals surface area (Å²) >= 11 is 1.67. The average molecular weight is 411 g/mol. The second-order valence-electron chi connectivity index (χ2n) is 7.11. The van der Waals surface area contributed by atoms with Crippen LogP contribution in [0.25, 0.3) is 0 Å². The Labute approximate surface area is 173 Å². The van der Waals surface area contributed by atoms with E-state index in [-0.39, 0.29) is 24.4 Å². The van der Waals surface area contributed by atoms with Gasteiger partial charge in [-0.25, -0.2) is 4.39 Å².